The third kappa shape index (κ3) is 5.40. The average Bonchev–Trinajstić information content (AvgIpc) is 2.69. The van der Waals surface area contributed by atoms with Gasteiger partial charge in [-0.1, -0.05) is 11.6 Å². The molecule has 0 spiro atoms. The van der Waals surface area contributed by atoms with Gasteiger partial charge in [-0.2, -0.15) is 0 Å². The molecule has 2 N–H and O–H groups in total. The zero-order valence-corrected chi connectivity index (χ0v) is 15.7. The summed E-state index contributed by atoms with van der Waals surface area (Å²) in [5.41, 5.74) is 3.92. The van der Waals surface area contributed by atoms with E-state index in [-0.39, 0.29) is 6.61 Å². The molecular formula is C20H26ClN3O2. The van der Waals surface area contributed by atoms with Crippen molar-refractivity contribution < 1.29 is 9.84 Å². The SMILES string of the molecule is OCCCCc1cc(-c2cncc(NCC3CCOCC3)c2)c(Cl)cn1. The Kier molecular flexibility index (Phi) is 7.23. The quantitative estimate of drug-likeness (QED) is 0.684. The van der Waals surface area contributed by atoms with Crippen LogP contribution >= 0.6 is 11.6 Å². The zero-order chi connectivity index (χ0) is 18.2. The first-order valence-corrected chi connectivity index (χ1v) is 9.66. The largest absolute Gasteiger partial charge is 0.396 e. The van der Waals surface area contributed by atoms with Gasteiger partial charge in [-0.05, 0) is 50.2 Å². The molecule has 0 unspecified atom stereocenters. The Labute approximate surface area is 159 Å². The summed E-state index contributed by atoms with van der Waals surface area (Å²) in [5, 5.41) is 13.1. The van der Waals surface area contributed by atoms with Crippen LogP contribution < -0.4 is 5.32 Å². The van der Waals surface area contributed by atoms with Crippen molar-refractivity contribution in [3.63, 3.8) is 0 Å². The predicted octanol–water partition coefficient (Wildman–Crippen LogP) is 3.95. The molecule has 140 valence electrons. The number of aromatic nitrogens is 2. The summed E-state index contributed by atoms with van der Waals surface area (Å²) in [6, 6.07) is 4.12. The predicted molar refractivity (Wildman–Crippen MR) is 105 cm³/mol. The van der Waals surface area contributed by atoms with E-state index >= 15 is 0 Å². The molecule has 26 heavy (non-hydrogen) atoms. The molecule has 1 aliphatic rings. The zero-order valence-electron chi connectivity index (χ0n) is 15.0. The number of hydrogen-bond acceptors (Lipinski definition) is 5. The minimum absolute atomic E-state index is 0.213. The van der Waals surface area contributed by atoms with E-state index in [1.807, 2.05) is 18.5 Å². The van der Waals surface area contributed by atoms with Crippen molar-refractivity contribution in [2.24, 2.45) is 5.92 Å². The van der Waals surface area contributed by atoms with Gasteiger partial charge in [0.1, 0.15) is 0 Å². The average molecular weight is 376 g/mol. The van der Waals surface area contributed by atoms with Crippen LogP contribution in [0.15, 0.2) is 30.7 Å². The number of nitrogens with one attached hydrogen (secondary N) is 1. The third-order valence-corrected chi connectivity index (χ3v) is 5.04. The lowest BCUT2D eigenvalue weighted by molar-refractivity contribution is 0.0699. The van der Waals surface area contributed by atoms with E-state index in [1.165, 1.54) is 0 Å². The fraction of sp³-hybridized carbons (Fsp3) is 0.500. The van der Waals surface area contributed by atoms with E-state index in [4.69, 9.17) is 21.4 Å². The van der Waals surface area contributed by atoms with Gasteiger partial charge in [0, 0.05) is 61.8 Å². The highest BCUT2D eigenvalue weighted by Gasteiger charge is 2.14. The number of halogens is 1. The number of hydrogen-bond donors (Lipinski definition) is 2. The van der Waals surface area contributed by atoms with Gasteiger partial charge in [-0.3, -0.25) is 9.97 Å². The Morgan fingerprint density at radius 2 is 2.00 bits per heavy atom. The van der Waals surface area contributed by atoms with Gasteiger partial charge in [0.15, 0.2) is 0 Å². The lowest BCUT2D eigenvalue weighted by atomic mass is 10.0. The highest BCUT2D eigenvalue weighted by molar-refractivity contribution is 6.33. The minimum atomic E-state index is 0.213. The van der Waals surface area contributed by atoms with Crippen molar-refractivity contribution >= 4 is 17.3 Å². The Morgan fingerprint density at radius 1 is 1.15 bits per heavy atom. The molecule has 0 aliphatic carbocycles. The lowest BCUT2D eigenvalue weighted by Gasteiger charge is -2.22. The van der Waals surface area contributed by atoms with Gasteiger partial charge >= 0.3 is 0 Å². The van der Waals surface area contributed by atoms with Crippen LogP contribution in [0.1, 0.15) is 31.4 Å². The topological polar surface area (TPSA) is 67.3 Å². The number of rotatable bonds is 8. The van der Waals surface area contributed by atoms with Crippen molar-refractivity contribution in [1.29, 1.82) is 0 Å². The van der Waals surface area contributed by atoms with Crippen LogP contribution in [0.4, 0.5) is 5.69 Å². The molecule has 1 fully saturated rings. The van der Waals surface area contributed by atoms with E-state index < -0.39 is 0 Å². The summed E-state index contributed by atoms with van der Waals surface area (Å²) < 4.78 is 5.41. The van der Waals surface area contributed by atoms with E-state index in [0.29, 0.717) is 10.9 Å². The maximum absolute atomic E-state index is 8.93. The second kappa shape index (κ2) is 9.86. The molecule has 1 saturated heterocycles. The van der Waals surface area contributed by atoms with Crippen LogP contribution in [-0.2, 0) is 11.2 Å². The summed E-state index contributed by atoms with van der Waals surface area (Å²) >= 11 is 6.38. The Bertz CT molecular complexity index is 705. The smallest absolute Gasteiger partial charge is 0.0668 e. The molecule has 5 nitrogen and oxygen atoms in total. The van der Waals surface area contributed by atoms with Crippen LogP contribution in [-0.4, -0.2) is 41.4 Å². The summed E-state index contributed by atoms with van der Waals surface area (Å²) in [6.07, 6.45) is 10.1. The van der Waals surface area contributed by atoms with Crippen LogP contribution in [0, 0.1) is 5.92 Å². The molecule has 0 amide bonds. The van der Waals surface area contributed by atoms with Crippen molar-refractivity contribution in [2.45, 2.75) is 32.1 Å². The fourth-order valence-corrected chi connectivity index (χ4v) is 3.37. The third-order valence-electron chi connectivity index (χ3n) is 4.74. The molecule has 0 atom stereocenters. The molecule has 6 heteroatoms. The number of pyridine rings is 2. The number of nitrogens with zero attached hydrogens (tertiary/aromatic N) is 2. The highest BCUT2D eigenvalue weighted by atomic mass is 35.5. The number of ether oxygens (including phenoxy) is 1. The van der Waals surface area contributed by atoms with Gasteiger partial charge in [-0.15, -0.1) is 0 Å². The number of aliphatic hydroxyl groups excluding tert-OH is 1. The monoisotopic (exact) mass is 375 g/mol. The van der Waals surface area contributed by atoms with Crippen molar-refractivity contribution in [1.82, 2.24) is 9.97 Å². The first kappa shape index (κ1) is 19.1. The summed E-state index contributed by atoms with van der Waals surface area (Å²) in [6.45, 7) is 2.86. The minimum Gasteiger partial charge on any atom is -0.396 e. The van der Waals surface area contributed by atoms with Gasteiger partial charge in [0.25, 0.3) is 0 Å². The molecule has 3 rings (SSSR count). The van der Waals surface area contributed by atoms with Gasteiger partial charge < -0.3 is 15.2 Å². The molecule has 2 aromatic heterocycles. The summed E-state index contributed by atoms with van der Waals surface area (Å²) in [5.74, 6) is 0.648. The number of aliphatic hydroxyl groups is 1. The molecular weight excluding hydrogens is 350 g/mol. The number of aryl methyl sites for hydroxylation is 1. The maximum atomic E-state index is 8.93. The number of anilines is 1. The molecule has 0 aromatic carbocycles. The van der Waals surface area contributed by atoms with Crippen molar-refractivity contribution in [3.05, 3.63) is 41.4 Å². The molecule has 3 heterocycles. The molecule has 2 aromatic rings. The normalized spacial score (nSPS) is 15.2. The molecule has 0 saturated carbocycles. The molecule has 0 bridgehead atoms. The van der Waals surface area contributed by atoms with E-state index in [2.05, 4.69) is 21.4 Å². The first-order valence-electron chi connectivity index (χ1n) is 9.28. The van der Waals surface area contributed by atoms with Crippen LogP contribution in [0.3, 0.4) is 0 Å². The van der Waals surface area contributed by atoms with E-state index in [9.17, 15) is 0 Å². The lowest BCUT2D eigenvalue weighted by Crippen LogP contribution is -2.22. The Morgan fingerprint density at radius 3 is 2.81 bits per heavy atom. The van der Waals surface area contributed by atoms with Crippen LogP contribution in [0.2, 0.25) is 5.02 Å². The van der Waals surface area contributed by atoms with Crippen LogP contribution in [0.25, 0.3) is 11.1 Å². The van der Waals surface area contributed by atoms with Crippen molar-refractivity contribution in [3.8, 4) is 11.1 Å². The molecule has 0 radical (unpaired) electrons. The van der Waals surface area contributed by atoms with E-state index in [0.717, 1.165) is 74.4 Å². The van der Waals surface area contributed by atoms with Gasteiger partial charge in [0.2, 0.25) is 0 Å². The Hall–Kier alpha value is -1.69. The van der Waals surface area contributed by atoms with Crippen molar-refractivity contribution in [2.75, 3.05) is 31.7 Å². The fourth-order valence-electron chi connectivity index (χ4n) is 3.15. The van der Waals surface area contributed by atoms with Gasteiger partial charge in [-0.25, -0.2) is 0 Å². The molecule has 1 aliphatic heterocycles. The maximum Gasteiger partial charge on any atom is 0.0668 e. The number of unbranched alkanes of at least 4 members (excludes halogenated alkanes) is 1. The van der Waals surface area contributed by atoms with Crippen LogP contribution in [0.5, 0.6) is 0 Å². The second-order valence-electron chi connectivity index (χ2n) is 6.74. The van der Waals surface area contributed by atoms with E-state index in [1.54, 1.807) is 6.20 Å². The summed E-state index contributed by atoms with van der Waals surface area (Å²) in [7, 11) is 0. The highest BCUT2D eigenvalue weighted by Crippen LogP contribution is 2.29. The summed E-state index contributed by atoms with van der Waals surface area (Å²) in [4.78, 5) is 8.77. The standard InChI is InChI=1S/C20H26ClN3O2/c21-20-14-24-17(3-1-2-6-25)10-19(20)16-9-18(13-22-12-16)23-11-15-4-7-26-8-5-15/h9-10,12-15,23,25H,1-8,11H2. The van der Waals surface area contributed by atoms with Gasteiger partial charge in [0.05, 0.1) is 10.7 Å². The second-order valence-corrected chi connectivity index (χ2v) is 7.14. The Balaban J connectivity index is 1.69. The first-order chi connectivity index (χ1) is 12.8.